The van der Waals surface area contributed by atoms with Crippen molar-refractivity contribution in [1.82, 2.24) is 9.79 Å². The fourth-order valence-electron chi connectivity index (χ4n) is 2.85. The van der Waals surface area contributed by atoms with Crippen LogP contribution in [-0.4, -0.2) is 56.1 Å². The molecule has 0 fully saturated rings. The van der Waals surface area contributed by atoms with E-state index in [2.05, 4.69) is 0 Å². The van der Waals surface area contributed by atoms with Crippen LogP contribution in [0.1, 0.15) is 13.3 Å². The number of sulfonamides is 1. The van der Waals surface area contributed by atoms with Gasteiger partial charge in [-0.2, -0.15) is 4.31 Å². The maximum absolute atomic E-state index is 13.1. The molecule has 1 aliphatic heterocycles. The summed E-state index contributed by atoms with van der Waals surface area (Å²) in [5.74, 6) is -1.61. The van der Waals surface area contributed by atoms with Crippen LogP contribution in [0.4, 0.5) is 0 Å². The van der Waals surface area contributed by atoms with Crippen LogP contribution in [0.15, 0.2) is 41.3 Å². The number of carbonyl (C=O) groups excluding carboxylic acids is 2. The lowest BCUT2D eigenvalue weighted by atomic mass is 9.97. The summed E-state index contributed by atoms with van der Waals surface area (Å²) in [6, 6.07) is 4.49. The first kappa shape index (κ1) is 20.9. The van der Waals surface area contributed by atoms with E-state index in [1.54, 1.807) is 12.2 Å². The number of nitrogens with zero attached hydrogens (tertiary/aromatic N) is 1. The molecule has 0 spiro atoms. The van der Waals surface area contributed by atoms with E-state index in [1.165, 1.54) is 43.8 Å². The lowest BCUT2D eigenvalue weighted by molar-refractivity contribution is -0.145. The fraction of sp³-hybridized carbons (Fsp3) is 0.412. The molecule has 0 aliphatic carbocycles. The zero-order valence-electron chi connectivity index (χ0n) is 15.0. The van der Waals surface area contributed by atoms with Crippen LogP contribution in [0.2, 0.25) is 0 Å². The number of hydroxylamine groups is 1. The standard InChI is InChI=1S/C17H22N2O7S/c1-12(20)26-11-13-5-3-4-10-19(16(13)17(21)18-22)27(23,24)15-8-6-14(25-2)7-9-15/h3-4,6-9,13,16,22H,5,10-11H2,1-2H3,(H,18,21). The molecule has 0 saturated carbocycles. The van der Waals surface area contributed by atoms with Crippen LogP contribution in [0.5, 0.6) is 5.75 Å². The van der Waals surface area contributed by atoms with Crippen LogP contribution in [0.3, 0.4) is 0 Å². The van der Waals surface area contributed by atoms with Crippen LogP contribution in [0, 0.1) is 5.92 Å². The van der Waals surface area contributed by atoms with Crippen molar-refractivity contribution in [2.75, 3.05) is 20.3 Å². The molecule has 1 heterocycles. The zero-order chi connectivity index (χ0) is 20.0. The van der Waals surface area contributed by atoms with Crippen LogP contribution >= 0.6 is 0 Å². The summed E-state index contributed by atoms with van der Waals surface area (Å²) >= 11 is 0. The highest BCUT2D eigenvalue weighted by atomic mass is 32.2. The Morgan fingerprint density at radius 2 is 1.93 bits per heavy atom. The molecule has 1 aromatic rings. The topological polar surface area (TPSA) is 122 Å². The molecule has 1 amide bonds. The molecule has 0 radical (unpaired) electrons. The van der Waals surface area contributed by atoms with E-state index in [1.807, 2.05) is 0 Å². The number of rotatable bonds is 6. The first-order valence-corrected chi connectivity index (χ1v) is 9.63. The lowest BCUT2D eigenvalue weighted by Gasteiger charge is -2.32. The van der Waals surface area contributed by atoms with Gasteiger partial charge in [-0.1, -0.05) is 12.2 Å². The van der Waals surface area contributed by atoms with Gasteiger partial charge in [-0.05, 0) is 30.7 Å². The molecule has 9 nitrogen and oxygen atoms in total. The number of nitrogens with one attached hydrogen (secondary N) is 1. The van der Waals surface area contributed by atoms with E-state index in [9.17, 15) is 18.0 Å². The molecule has 2 unspecified atom stereocenters. The van der Waals surface area contributed by atoms with Gasteiger partial charge in [0, 0.05) is 19.4 Å². The van der Waals surface area contributed by atoms with Gasteiger partial charge in [0.15, 0.2) is 0 Å². The summed E-state index contributed by atoms with van der Waals surface area (Å²) in [5.41, 5.74) is 1.52. The van der Waals surface area contributed by atoms with Gasteiger partial charge in [-0.3, -0.25) is 14.8 Å². The van der Waals surface area contributed by atoms with Crippen molar-refractivity contribution in [3.8, 4) is 5.75 Å². The summed E-state index contributed by atoms with van der Waals surface area (Å²) in [5, 5.41) is 9.13. The highest BCUT2D eigenvalue weighted by molar-refractivity contribution is 7.89. The van der Waals surface area contributed by atoms with E-state index in [-0.39, 0.29) is 18.0 Å². The molecule has 0 saturated heterocycles. The molecule has 2 rings (SSSR count). The Kier molecular flexibility index (Phi) is 6.94. The summed E-state index contributed by atoms with van der Waals surface area (Å²) in [7, 11) is -2.61. The molecular weight excluding hydrogens is 376 g/mol. The molecular formula is C17H22N2O7S. The van der Waals surface area contributed by atoms with Gasteiger partial charge in [0.1, 0.15) is 11.8 Å². The van der Waals surface area contributed by atoms with Gasteiger partial charge >= 0.3 is 5.97 Å². The Balaban J connectivity index is 2.43. The molecule has 2 atom stereocenters. The third-order valence-electron chi connectivity index (χ3n) is 4.19. The number of ether oxygens (including phenoxy) is 2. The smallest absolute Gasteiger partial charge is 0.302 e. The SMILES string of the molecule is COc1ccc(S(=O)(=O)N2CC=CCC(COC(C)=O)C2C(=O)NO)cc1. The number of allylic oxidation sites excluding steroid dienone is 1. The van der Waals surface area contributed by atoms with Crippen LogP contribution in [0.25, 0.3) is 0 Å². The second-order valence-electron chi connectivity index (χ2n) is 5.94. The van der Waals surface area contributed by atoms with E-state index in [4.69, 9.17) is 14.7 Å². The molecule has 148 valence electrons. The minimum Gasteiger partial charge on any atom is -0.497 e. The van der Waals surface area contributed by atoms with E-state index < -0.39 is 33.9 Å². The van der Waals surface area contributed by atoms with Crippen LogP contribution < -0.4 is 10.2 Å². The molecule has 1 aromatic carbocycles. The molecule has 27 heavy (non-hydrogen) atoms. The molecule has 10 heteroatoms. The van der Waals surface area contributed by atoms with Crippen molar-refractivity contribution >= 4 is 21.9 Å². The monoisotopic (exact) mass is 398 g/mol. The Bertz CT molecular complexity index is 805. The highest BCUT2D eigenvalue weighted by Gasteiger charge is 2.41. The van der Waals surface area contributed by atoms with Gasteiger partial charge in [0.25, 0.3) is 5.91 Å². The number of carbonyl (C=O) groups is 2. The highest BCUT2D eigenvalue weighted by Crippen LogP contribution is 2.28. The number of esters is 1. The Labute approximate surface area is 157 Å². The average Bonchev–Trinajstić information content (AvgIpc) is 2.88. The van der Waals surface area contributed by atoms with Crippen molar-refractivity contribution in [3.63, 3.8) is 0 Å². The summed E-state index contributed by atoms with van der Waals surface area (Å²) in [6.45, 7) is 0.995. The van der Waals surface area contributed by atoms with Crippen LogP contribution in [-0.2, 0) is 24.3 Å². The molecule has 0 bridgehead atoms. The van der Waals surface area contributed by atoms with Gasteiger partial charge in [0.2, 0.25) is 10.0 Å². The third kappa shape index (κ3) is 4.85. The maximum atomic E-state index is 13.1. The second kappa shape index (κ2) is 8.98. The van der Waals surface area contributed by atoms with Crippen molar-refractivity contribution in [2.24, 2.45) is 5.92 Å². The lowest BCUT2D eigenvalue weighted by Crippen LogP contribution is -2.53. The first-order chi connectivity index (χ1) is 12.8. The van der Waals surface area contributed by atoms with Gasteiger partial charge in [0.05, 0.1) is 18.6 Å². The maximum Gasteiger partial charge on any atom is 0.302 e. The predicted molar refractivity (Wildman–Crippen MR) is 94.5 cm³/mol. The fourth-order valence-corrected chi connectivity index (χ4v) is 4.45. The number of methoxy groups -OCH3 is 1. The third-order valence-corrected chi connectivity index (χ3v) is 6.05. The number of amides is 1. The number of hydrogen-bond donors (Lipinski definition) is 2. The summed E-state index contributed by atoms with van der Waals surface area (Å²) in [4.78, 5) is 23.4. The van der Waals surface area contributed by atoms with Gasteiger partial charge in [-0.25, -0.2) is 13.9 Å². The molecule has 2 N–H and O–H groups in total. The van der Waals surface area contributed by atoms with Crippen molar-refractivity contribution < 1.29 is 32.7 Å². The Morgan fingerprint density at radius 3 is 2.48 bits per heavy atom. The minimum absolute atomic E-state index is 0.0272. The quantitative estimate of drug-likeness (QED) is 0.313. The Hall–Kier alpha value is -2.43. The van der Waals surface area contributed by atoms with E-state index >= 15 is 0 Å². The van der Waals surface area contributed by atoms with Crippen molar-refractivity contribution in [2.45, 2.75) is 24.3 Å². The predicted octanol–water partition coefficient (Wildman–Crippen LogP) is 0.699. The number of hydrogen-bond acceptors (Lipinski definition) is 7. The molecule has 1 aliphatic rings. The van der Waals surface area contributed by atoms with Gasteiger partial charge in [-0.15, -0.1) is 0 Å². The van der Waals surface area contributed by atoms with Crippen molar-refractivity contribution in [3.05, 3.63) is 36.4 Å². The molecule has 0 aromatic heterocycles. The normalized spacial score (nSPS) is 20.6. The average molecular weight is 398 g/mol. The van der Waals surface area contributed by atoms with Gasteiger partial charge < -0.3 is 9.47 Å². The van der Waals surface area contributed by atoms with E-state index in [0.717, 1.165) is 4.31 Å². The largest absolute Gasteiger partial charge is 0.497 e. The summed E-state index contributed by atoms with van der Waals surface area (Å²) < 4.78 is 37.3. The number of benzene rings is 1. The summed E-state index contributed by atoms with van der Waals surface area (Å²) in [6.07, 6.45) is 3.64. The zero-order valence-corrected chi connectivity index (χ0v) is 15.8. The first-order valence-electron chi connectivity index (χ1n) is 8.19. The second-order valence-corrected chi connectivity index (χ2v) is 7.83. The van der Waals surface area contributed by atoms with E-state index in [0.29, 0.717) is 12.2 Å². The van der Waals surface area contributed by atoms with Crippen molar-refractivity contribution in [1.29, 1.82) is 0 Å². The minimum atomic E-state index is -4.07. The Morgan fingerprint density at radius 1 is 1.26 bits per heavy atom.